The summed E-state index contributed by atoms with van der Waals surface area (Å²) >= 11 is 0. The standard InChI is InChI=1S/C18H28N2O3S/c1-13-5-9-15(10-6-13)19-17(21)14-7-11-16(12-8-14)20-24(22,23)18(2,3)4/h5-6,9-10,14,16,20H,7-8,11-12H2,1-4H3,(H,19,21)/t14-,16-. The monoisotopic (exact) mass is 352 g/mol. The molecule has 0 heterocycles. The summed E-state index contributed by atoms with van der Waals surface area (Å²) in [5, 5.41) is 2.95. The number of hydrogen-bond acceptors (Lipinski definition) is 3. The van der Waals surface area contributed by atoms with Crippen LogP contribution in [0.4, 0.5) is 5.69 Å². The maximum atomic E-state index is 12.4. The Balaban J connectivity index is 1.86. The lowest BCUT2D eigenvalue weighted by molar-refractivity contribution is -0.120. The van der Waals surface area contributed by atoms with E-state index in [4.69, 9.17) is 0 Å². The molecule has 2 rings (SSSR count). The van der Waals surface area contributed by atoms with Gasteiger partial charge in [-0.1, -0.05) is 17.7 Å². The number of aryl methyl sites for hydroxylation is 1. The van der Waals surface area contributed by atoms with E-state index in [2.05, 4.69) is 10.0 Å². The molecule has 1 amide bonds. The highest BCUT2D eigenvalue weighted by Gasteiger charge is 2.34. The summed E-state index contributed by atoms with van der Waals surface area (Å²) in [7, 11) is -3.34. The van der Waals surface area contributed by atoms with Gasteiger partial charge in [-0.3, -0.25) is 4.79 Å². The molecule has 0 unspecified atom stereocenters. The smallest absolute Gasteiger partial charge is 0.227 e. The molecule has 0 bridgehead atoms. The lowest BCUT2D eigenvalue weighted by atomic mass is 9.86. The molecule has 1 aliphatic carbocycles. The topological polar surface area (TPSA) is 75.3 Å². The van der Waals surface area contributed by atoms with Gasteiger partial charge in [-0.15, -0.1) is 0 Å². The van der Waals surface area contributed by atoms with Crippen LogP contribution in [-0.2, 0) is 14.8 Å². The average molecular weight is 353 g/mol. The van der Waals surface area contributed by atoms with E-state index in [0.29, 0.717) is 25.7 Å². The van der Waals surface area contributed by atoms with Crippen LogP contribution in [-0.4, -0.2) is 25.1 Å². The fraction of sp³-hybridized carbons (Fsp3) is 0.611. The van der Waals surface area contributed by atoms with E-state index in [1.807, 2.05) is 31.2 Å². The quantitative estimate of drug-likeness (QED) is 0.874. The Hall–Kier alpha value is -1.40. The van der Waals surface area contributed by atoms with Gasteiger partial charge in [0, 0.05) is 17.6 Å². The van der Waals surface area contributed by atoms with Gasteiger partial charge in [0.15, 0.2) is 0 Å². The molecule has 0 atom stereocenters. The van der Waals surface area contributed by atoms with Crippen LogP contribution in [0.5, 0.6) is 0 Å². The van der Waals surface area contributed by atoms with Crippen LogP contribution in [0.15, 0.2) is 24.3 Å². The van der Waals surface area contributed by atoms with Gasteiger partial charge in [-0.25, -0.2) is 13.1 Å². The maximum Gasteiger partial charge on any atom is 0.227 e. The average Bonchev–Trinajstić information content (AvgIpc) is 2.49. The number of amides is 1. The fourth-order valence-corrected chi connectivity index (χ4v) is 3.78. The van der Waals surface area contributed by atoms with Crippen LogP contribution in [0.1, 0.15) is 52.0 Å². The van der Waals surface area contributed by atoms with Gasteiger partial charge in [0.2, 0.25) is 15.9 Å². The SMILES string of the molecule is Cc1ccc(NC(=O)[C@H]2CC[C@H](NS(=O)(=O)C(C)(C)C)CC2)cc1. The number of nitrogens with one attached hydrogen (secondary N) is 2. The van der Waals surface area contributed by atoms with E-state index >= 15 is 0 Å². The molecule has 5 nitrogen and oxygen atoms in total. The third-order valence-electron chi connectivity index (χ3n) is 4.55. The van der Waals surface area contributed by atoms with Gasteiger partial charge in [0.05, 0.1) is 4.75 Å². The number of carbonyl (C=O) groups excluding carboxylic acids is 1. The molecular weight excluding hydrogens is 324 g/mol. The Kier molecular flexibility index (Phi) is 5.71. The maximum absolute atomic E-state index is 12.4. The van der Waals surface area contributed by atoms with Crippen LogP contribution in [0.25, 0.3) is 0 Å². The predicted octanol–water partition coefficient (Wildman–Crippen LogP) is 3.21. The van der Waals surface area contributed by atoms with Crippen molar-refractivity contribution in [1.82, 2.24) is 4.72 Å². The zero-order chi connectivity index (χ0) is 18.0. The molecule has 134 valence electrons. The lowest BCUT2D eigenvalue weighted by Gasteiger charge is -2.30. The molecule has 1 aromatic carbocycles. The van der Waals surface area contributed by atoms with Gasteiger partial charge < -0.3 is 5.32 Å². The Labute approximate surface area is 145 Å². The second-order valence-electron chi connectivity index (χ2n) is 7.64. The summed E-state index contributed by atoms with van der Waals surface area (Å²) in [6.45, 7) is 7.08. The summed E-state index contributed by atoms with van der Waals surface area (Å²) in [5.74, 6) is -0.0299. The molecule has 1 aromatic rings. The second kappa shape index (κ2) is 7.23. The normalized spacial score (nSPS) is 22.2. The van der Waals surface area contributed by atoms with E-state index in [9.17, 15) is 13.2 Å². The summed E-state index contributed by atoms with van der Waals surface area (Å²) in [5.41, 5.74) is 1.96. The molecule has 1 saturated carbocycles. The minimum absolute atomic E-state index is 0.0241. The van der Waals surface area contributed by atoms with E-state index in [0.717, 1.165) is 11.3 Å². The first-order valence-corrected chi connectivity index (χ1v) is 9.96. The van der Waals surface area contributed by atoms with Gasteiger partial charge in [0.1, 0.15) is 0 Å². The molecule has 0 spiro atoms. The Morgan fingerprint density at radius 2 is 1.58 bits per heavy atom. The van der Waals surface area contributed by atoms with Crippen molar-refractivity contribution in [2.24, 2.45) is 5.92 Å². The molecule has 1 fully saturated rings. The zero-order valence-corrected chi connectivity index (χ0v) is 15.7. The third-order valence-corrected chi connectivity index (χ3v) is 6.80. The molecule has 1 aliphatic rings. The Bertz CT molecular complexity index is 667. The van der Waals surface area contributed by atoms with Crippen molar-refractivity contribution in [1.29, 1.82) is 0 Å². The van der Waals surface area contributed by atoms with E-state index in [1.165, 1.54) is 0 Å². The lowest BCUT2D eigenvalue weighted by Crippen LogP contribution is -2.46. The first-order chi connectivity index (χ1) is 11.1. The molecular formula is C18H28N2O3S. The van der Waals surface area contributed by atoms with Crippen molar-refractivity contribution >= 4 is 21.6 Å². The molecule has 0 aliphatic heterocycles. The van der Waals surface area contributed by atoms with Crippen LogP contribution in [0, 0.1) is 12.8 Å². The van der Waals surface area contributed by atoms with Crippen LogP contribution in [0.2, 0.25) is 0 Å². The van der Waals surface area contributed by atoms with E-state index < -0.39 is 14.8 Å². The molecule has 0 saturated heterocycles. The van der Waals surface area contributed by atoms with Gasteiger partial charge in [-0.2, -0.15) is 0 Å². The Morgan fingerprint density at radius 1 is 1.04 bits per heavy atom. The molecule has 6 heteroatoms. The first-order valence-electron chi connectivity index (χ1n) is 8.48. The fourth-order valence-electron chi connectivity index (χ4n) is 2.75. The zero-order valence-electron chi connectivity index (χ0n) is 14.9. The van der Waals surface area contributed by atoms with Crippen molar-refractivity contribution in [3.63, 3.8) is 0 Å². The van der Waals surface area contributed by atoms with Crippen LogP contribution in [0.3, 0.4) is 0 Å². The molecule has 0 aromatic heterocycles. The molecule has 24 heavy (non-hydrogen) atoms. The minimum atomic E-state index is -3.34. The van der Waals surface area contributed by atoms with Gasteiger partial charge in [-0.05, 0) is 65.5 Å². The number of carbonyl (C=O) groups is 1. The molecule has 0 radical (unpaired) electrons. The number of rotatable bonds is 4. The van der Waals surface area contributed by atoms with Gasteiger partial charge >= 0.3 is 0 Å². The summed E-state index contributed by atoms with van der Waals surface area (Å²) in [6, 6.07) is 7.66. The second-order valence-corrected chi connectivity index (χ2v) is 10.1. The third kappa shape index (κ3) is 4.80. The van der Waals surface area contributed by atoms with E-state index in [-0.39, 0.29) is 17.9 Å². The summed E-state index contributed by atoms with van der Waals surface area (Å²) in [6.07, 6.45) is 2.80. The van der Waals surface area contributed by atoms with Crippen molar-refractivity contribution in [3.8, 4) is 0 Å². The molecule has 2 N–H and O–H groups in total. The largest absolute Gasteiger partial charge is 0.326 e. The number of hydrogen-bond donors (Lipinski definition) is 2. The summed E-state index contributed by atoms with van der Waals surface area (Å²) in [4.78, 5) is 12.4. The highest BCUT2D eigenvalue weighted by atomic mass is 32.2. The van der Waals surface area contributed by atoms with Crippen molar-refractivity contribution in [3.05, 3.63) is 29.8 Å². The van der Waals surface area contributed by atoms with Crippen LogP contribution < -0.4 is 10.0 Å². The minimum Gasteiger partial charge on any atom is -0.326 e. The highest BCUT2D eigenvalue weighted by molar-refractivity contribution is 7.90. The number of sulfonamides is 1. The summed E-state index contributed by atoms with van der Waals surface area (Å²) < 4.78 is 26.4. The number of anilines is 1. The predicted molar refractivity (Wildman–Crippen MR) is 97.4 cm³/mol. The van der Waals surface area contributed by atoms with Gasteiger partial charge in [0.25, 0.3) is 0 Å². The van der Waals surface area contributed by atoms with Crippen molar-refractivity contribution in [2.45, 2.75) is 64.2 Å². The van der Waals surface area contributed by atoms with Crippen LogP contribution >= 0.6 is 0 Å². The van der Waals surface area contributed by atoms with Crippen molar-refractivity contribution < 1.29 is 13.2 Å². The Morgan fingerprint density at radius 3 is 2.08 bits per heavy atom. The first kappa shape index (κ1) is 18.9. The highest BCUT2D eigenvalue weighted by Crippen LogP contribution is 2.27. The van der Waals surface area contributed by atoms with Crippen molar-refractivity contribution in [2.75, 3.05) is 5.32 Å². The van der Waals surface area contributed by atoms with E-state index in [1.54, 1.807) is 20.8 Å². The number of benzene rings is 1.